The predicted octanol–water partition coefficient (Wildman–Crippen LogP) is 3.05. The van der Waals surface area contributed by atoms with E-state index in [1.165, 1.54) is 6.20 Å². The molecule has 2 aliphatic rings. The summed E-state index contributed by atoms with van der Waals surface area (Å²) < 4.78 is 39.8. The number of alkyl halides is 3. The lowest BCUT2D eigenvalue weighted by Crippen LogP contribution is -2.40. The van der Waals surface area contributed by atoms with Gasteiger partial charge in [-0.15, -0.1) is 0 Å². The van der Waals surface area contributed by atoms with Crippen LogP contribution in [0, 0.1) is 5.92 Å². The molecule has 20 heavy (non-hydrogen) atoms. The molecule has 0 aromatic carbocycles. The highest BCUT2D eigenvalue weighted by Gasteiger charge is 2.40. The average Bonchev–Trinajstić information content (AvgIpc) is 2.81. The zero-order valence-electron chi connectivity index (χ0n) is 10.8. The fourth-order valence-corrected chi connectivity index (χ4v) is 3.44. The smallest absolute Gasteiger partial charge is 0.354 e. The van der Waals surface area contributed by atoms with Crippen LogP contribution in [-0.2, 0) is 6.18 Å². The maximum absolute atomic E-state index is 13.1. The van der Waals surface area contributed by atoms with Crippen LogP contribution in [0.15, 0.2) is 16.7 Å². The van der Waals surface area contributed by atoms with Crippen LogP contribution in [0.3, 0.4) is 0 Å². The van der Waals surface area contributed by atoms with E-state index in [1.807, 2.05) is 0 Å². The molecule has 0 radical (unpaired) electrons. The molecule has 0 bridgehead atoms. The Morgan fingerprint density at radius 3 is 2.85 bits per heavy atom. The number of nitrogens with one attached hydrogen (secondary N) is 1. The summed E-state index contributed by atoms with van der Waals surface area (Å²) in [6, 6.07) is 1.40. The molecule has 1 N–H and O–H groups in total. The Bertz CT molecular complexity index is 492. The highest BCUT2D eigenvalue weighted by atomic mass is 79.9. The molecule has 110 valence electrons. The molecule has 3 heterocycles. The van der Waals surface area contributed by atoms with Crippen molar-refractivity contribution in [2.45, 2.75) is 25.1 Å². The van der Waals surface area contributed by atoms with Gasteiger partial charge in [-0.05, 0) is 47.3 Å². The lowest BCUT2D eigenvalue weighted by Gasteiger charge is -2.24. The van der Waals surface area contributed by atoms with Gasteiger partial charge in [-0.2, -0.15) is 13.2 Å². The molecule has 0 aliphatic carbocycles. The van der Waals surface area contributed by atoms with Gasteiger partial charge in [0.2, 0.25) is 0 Å². The number of piperidine rings is 1. The first-order valence-electron chi connectivity index (χ1n) is 6.66. The third kappa shape index (κ3) is 2.65. The molecular formula is C13H15BrF3N3. The molecule has 0 saturated carbocycles. The highest BCUT2D eigenvalue weighted by molar-refractivity contribution is 9.10. The third-order valence-electron chi connectivity index (χ3n) is 4.04. The van der Waals surface area contributed by atoms with Crippen molar-refractivity contribution >= 4 is 21.7 Å². The number of nitrogens with zero attached hydrogens (tertiary/aromatic N) is 2. The molecular weight excluding hydrogens is 335 g/mol. The molecule has 0 spiro atoms. The van der Waals surface area contributed by atoms with E-state index < -0.39 is 11.7 Å². The normalized spacial score (nSPS) is 26.7. The largest absolute Gasteiger partial charge is 0.419 e. The second-order valence-electron chi connectivity index (χ2n) is 5.39. The standard InChI is InChI=1S/C13H15BrF3N3/c14-9-4-10(13(15,16)17)12(19-5-9)20-6-8-2-1-3-18-11(8)7-20/h4-5,8,11,18H,1-3,6-7H2. The van der Waals surface area contributed by atoms with E-state index in [-0.39, 0.29) is 11.9 Å². The minimum atomic E-state index is -4.38. The second kappa shape index (κ2) is 5.18. The first-order chi connectivity index (χ1) is 9.45. The van der Waals surface area contributed by atoms with Crippen molar-refractivity contribution in [1.82, 2.24) is 10.3 Å². The monoisotopic (exact) mass is 349 g/mol. The molecule has 3 nitrogen and oxygen atoms in total. The Morgan fingerprint density at radius 1 is 1.35 bits per heavy atom. The molecule has 1 aromatic heterocycles. The van der Waals surface area contributed by atoms with Crippen LogP contribution in [0.2, 0.25) is 0 Å². The van der Waals surface area contributed by atoms with Gasteiger partial charge in [0.25, 0.3) is 0 Å². The number of anilines is 1. The van der Waals surface area contributed by atoms with Crippen LogP contribution in [-0.4, -0.2) is 30.7 Å². The Hall–Kier alpha value is -0.820. The molecule has 2 aliphatic heterocycles. The van der Waals surface area contributed by atoms with E-state index in [9.17, 15) is 13.2 Å². The molecule has 2 atom stereocenters. The molecule has 0 amide bonds. The number of hydrogen-bond donors (Lipinski definition) is 1. The second-order valence-corrected chi connectivity index (χ2v) is 6.31. The van der Waals surface area contributed by atoms with Crippen LogP contribution >= 0.6 is 15.9 Å². The Balaban J connectivity index is 1.91. The Labute approximate surface area is 123 Å². The van der Waals surface area contributed by atoms with E-state index in [0.29, 0.717) is 23.5 Å². The number of hydrogen-bond acceptors (Lipinski definition) is 3. The molecule has 2 fully saturated rings. The lowest BCUT2D eigenvalue weighted by molar-refractivity contribution is -0.137. The van der Waals surface area contributed by atoms with Gasteiger partial charge in [0.15, 0.2) is 0 Å². The van der Waals surface area contributed by atoms with Crippen molar-refractivity contribution in [3.63, 3.8) is 0 Å². The van der Waals surface area contributed by atoms with E-state index in [1.54, 1.807) is 4.90 Å². The predicted molar refractivity (Wildman–Crippen MR) is 73.7 cm³/mol. The first kappa shape index (κ1) is 14.1. The summed E-state index contributed by atoms with van der Waals surface area (Å²) in [7, 11) is 0. The number of pyridine rings is 1. The highest BCUT2D eigenvalue weighted by Crippen LogP contribution is 2.39. The van der Waals surface area contributed by atoms with Gasteiger partial charge in [0, 0.05) is 29.8 Å². The lowest BCUT2D eigenvalue weighted by atomic mass is 9.94. The third-order valence-corrected chi connectivity index (χ3v) is 4.47. The van der Waals surface area contributed by atoms with Gasteiger partial charge < -0.3 is 10.2 Å². The SMILES string of the molecule is FC(F)(F)c1cc(Br)cnc1N1CC2CCCNC2C1. The topological polar surface area (TPSA) is 28.2 Å². The minimum absolute atomic E-state index is 0.0527. The summed E-state index contributed by atoms with van der Waals surface area (Å²) in [6.45, 7) is 2.20. The molecule has 7 heteroatoms. The van der Waals surface area contributed by atoms with Crippen LogP contribution < -0.4 is 10.2 Å². The zero-order chi connectivity index (χ0) is 14.3. The molecule has 1 aromatic rings. The van der Waals surface area contributed by atoms with Gasteiger partial charge in [-0.1, -0.05) is 0 Å². The number of rotatable bonds is 1. The van der Waals surface area contributed by atoms with Crippen LogP contribution in [0.5, 0.6) is 0 Å². The van der Waals surface area contributed by atoms with Gasteiger partial charge in [-0.3, -0.25) is 0 Å². The summed E-state index contributed by atoms with van der Waals surface area (Å²) in [4.78, 5) is 5.78. The minimum Gasteiger partial charge on any atom is -0.354 e. The van der Waals surface area contributed by atoms with Crippen molar-refractivity contribution in [3.8, 4) is 0 Å². The summed E-state index contributed by atoms with van der Waals surface area (Å²) in [6.07, 6.45) is -0.784. The van der Waals surface area contributed by atoms with Crippen molar-refractivity contribution in [2.75, 3.05) is 24.5 Å². The van der Waals surface area contributed by atoms with Gasteiger partial charge >= 0.3 is 6.18 Å². The zero-order valence-corrected chi connectivity index (χ0v) is 12.3. The Kier molecular flexibility index (Phi) is 3.66. The maximum Gasteiger partial charge on any atom is 0.419 e. The van der Waals surface area contributed by atoms with Crippen LogP contribution in [0.1, 0.15) is 18.4 Å². The maximum atomic E-state index is 13.1. The number of fused-ring (bicyclic) bond motifs is 1. The average molecular weight is 350 g/mol. The first-order valence-corrected chi connectivity index (χ1v) is 7.45. The summed E-state index contributed by atoms with van der Waals surface area (Å²) in [5.41, 5.74) is -0.662. The van der Waals surface area contributed by atoms with Gasteiger partial charge in [0.05, 0.1) is 5.56 Å². The van der Waals surface area contributed by atoms with Crippen LogP contribution in [0.25, 0.3) is 0 Å². The van der Waals surface area contributed by atoms with Crippen molar-refractivity contribution in [3.05, 3.63) is 22.3 Å². The number of halogens is 4. The van der Waals surface area contributed by atoms with E-state index in [2.05, 4.69) is 26.2 Å². The van der Waals surface area contributed by atoms with Gasteiger partial charge in [-0.25, -0.2) is 4.98 Å². The summed E-state index contributed by atoms with van der Waals surface area (Å²) in [5.74, 6) is 0.479. The fraction of sp³-hybridized carbons (Fsp3) is 0.615. The quantitative estimate of drug-likeness (QED) is 0.844. The molecule has 2 unspecified atom stereocenters. The van der Waals surface area contributed by atoms with Crippen molar-refractivity contribution in [2.24, 2.45) is 5.92 Å². The van der Waals surface area contributed by atoms with E-state index >= 15 is 0 Å². The van der Waals surface area contributed by atoms with Gasteiger partial charge in [0.1, 0.15) is 5.82 Å². The van der Waals surface area contributed by atoms with E-state index in [0.717, 1.165) is 25.5 Å². The van der Waals surface area contributed by atoms with E-state index in [4.69, 9.17) is 0 Å². The molecule has 2 saturated heterocycles. The van der Waals surface area contributed by atoms with Crippen molar-refractivity contribution < 1.29 is 13.2 Å². The molecule has 3 rings (SSSR count). The fourth-order valence-electron chi connectivity index (χ4n) is 3.11. The summed E-state index contributed by atoms with van der Waals surface area (Å²) >= 11 is 3.07. The number of aromatic nitrogens is 1. The van der Waals surface area contributed by atoms with Crippen molar-refractivity contribution in [1.29, 1.82) is 0 Å². The Morgan fingerprint density at radius 2 is 2.15 bits per heavy atom. The van der Waals surface area contributed by atoms with Crippen LogP contribution in [0.4, 0.5) is 19.0 Å². The summed E-state index contributed by atoms with van der Waals surface area (Å²) in [5, 5.41) is 3.39.